The number of rotatable bonds is 13. The van der Waals surface area contributed by atoms with E-state index >= 15 is 0 Å². The molecule has 3 atom stereocenters. The Kier molecular flexibility index (Phi) is 11.8. The average molecular weight is 440 g/mol. The highest BCUT2D eigenvalue weighted by Crippen LogP contribution is 2.33. The lowest BCUT2D eigenvalue weighted by Gasteiger charge is -2.34. The number of hydrogen-bond acceptors (Lipinski definition) is 3. The van der Waals surface area contributed by atoms with Crippen LogP contribution < -0.4 is 16.0 Å². The van der Waals surface area contributed by atoms with Gasteiger partial charge in [-0.25, -0.2) is 0 Å². The van der Waals surface area contributed by atoms with Gasteiger partial charge in [0.05, 0.1) is 0 Å². The Labute approximate surface area is 195 Å². The highest BCUT2D eigenvalue weighted by molar-refractivity contribution is 5.79. The van der Waals surface area contributed by atoms with E-state index in [9.17, 15) is 4.79 Å². The molecule has 0 aromatic carbocycles. The number of hydrogen-bond donors (Lipinski definition) is 3. The standard InChI is InChI=1S/C27H57N3O/c1-20(16-24(3,4)5)14-15-22(21(2)17-25(6,7)8)23(31)29-18-27(11,12)30-19-26(9,10)28-13/h20-22,28,30H,14-19H2,1-13H3,(H,29,31). The molecule has 0 bridgehead atoms. The summed E-state index contributed by atoms with van der Waals surface area (Å²) in [6, 6.07) is 0. The van der Waals surface area contributed by atoms with E-state index in [2.05, 4.69) is 99.0 Å². The summed E-state index contributed by atoms with van der Waals surface area (Å²) < 4.78 is 0. The Balaban J connectivity index is 5.07. The van der Waals surface area contributed by atoms with E-state index < -0.39 is 0 Å². The van der Waals surface area contributed by atoms with Crippen molar-refractivity contribution in [2.75, 3.05) is 20.1 Å². The summed E-state index contributed by atoms with van der Waals surface area (Å²) >= 11 is 0. The first-order chi connectivity index (χ1) is 13.8. The third-order valence-corrected chi connectivity index (χ3v) is 6.28. The molecular weight excluding hydrogens is 382 g/mol. The Morgan fingerprint density at radius 3 is 1.71 bits per heavy atom. The number of amides is 1. The van der Waals surface area contributed by atoms with E-state index in [1.807, 2.05) is 7.05 Å². The lowest BCUT2D eigenvalue weighted by molar-refractivity contribution is -0.127. The fraction of sp³-hybridized carbons (Fsp3) is 0.963. The first kappa shape index (κ1) is 30.4. The molecule has 0 aliphatic rings. The molecule has 31 heavy (non-hydrogen) atoms. The van der Waals surface area contributed by atoms with Crippen LogP contribution in [0.1, 0.15) is 109 Å². The van der Waals surface area contributed by atoms with E-state index in [1.54, 1.807) is 0 Å². The molecule has 0 aliphatic heterocycles. The van der Waals surface area contributed by atoms with Gasteiger partial charge < -0.3 is 16.0 Å². The molecule has 0 rings (SSSR count). The van der Waals surface area contributed by atoms with Gasteiger partial charge in [-0.05, 0) is 83.1 Å². The fourth-order valence-corrected chi connectivity index (χ4v) is 4.44. The molecule has 0 saturated heterocycles. The lowest BCUT2D eigenvalue weighted by atomic mass is 9.76. The van der Waals surface area contributed by atoms with Crippen molar-refractivity contribution < 1.29 is 4.79 Å². The minimum Gasteiger partial charge on any atom is -0.354 e. The summed E-state index contributed by atoms with van der Waals surface area (Å²) in [5, 5.41) is 10.2. The zero-order chi connectivity index (χ0) is 24.7. The maximum atomic E-state index is 13.3. The minimum absolute atomic E-state index is 0.0221. The summed E-state index contributed by atoms with van der Waals surface area (Å²) in [6.07, 6.45) is 4.35. The molecule has 4 nitrogen and oxygen atoms in total. The van der Waals surface area contributed by atoms with Crippen LogP contribution in [0.2, 0.25) is 0 Å². The quantitative estimate of drug-likeness (QED) is 0.329. The second-order valence-electron chi connectivity index (χ2n) is 13.9. The van der Waals surface area contributed by atoms with Crippen LogP contribution in [-0.2, 0) is 4.79 Å². The predicted octanol–water partition coefficient (Wildman–Crippen LogP) is 6.01. The van der Waals surface area contributed by atoms with Crippen molar-refractivity contribution in [3.05, 3.63) is 0 Å². The van der Waals surface area contributed by atoms with Gasteiger partial charge in [0.1, 0.15) is 0 Å². The van der Waals surface area contributed by atoms with Crippen molar-refractivity contribution in [1.82, 2.24) is 16.0 Å². The molecule has 0 aromatic heterocycles. The van der Waals surface area contributed by atoms with E-state index in [0.717, 1.165) is 25.8 Å². The van der Waals surface area contributed by atoms with Crippen molar-refractivity contribution in [3.63, 3.8) is 0 Å². The van der Waals surface area contributed by atoms with Crippen LogP contribution in [0.4, 0.5) is 0 Å². The van der Waals surface area contributed by atoms with Gasteiger partial charge in [0, 0.05) is 30.1 Å². The van der Waals surface area contributed by atoms with Crippen LogP contribution in [0.25, 0.3) is 0 Å². The number of carbonyl (C=O) groups excluding carboxylic acids is 1. The SMILES string of the molecule is CNC(C)(C)CNC(C)(C)CNC(=O)C(CCC(C)CC(C)(C)C)C(C)CC(C)(C)C. The molecule has 0 radical (unpaired) electrons. The molecule has 0 heterocycles. The maximum absolute atomic E-state index is 13.3. The monoisotopic (exact) mass is 439 g/mol. The van der Waals surface area contributed by atoms with Gasteiger partial charge in [0.15, 0.2) is 0 Å². The zero-order valence-corrected chi connectivity index (χ0v) is 23.4. The molecule has 4 heteroatoms. The predicted molar refractivity (Wildman–Crippen MR) is 137 cm³/mol. The summed E-state index contributed by atoms with van der Waals surface area (Å²) in [7, 11) is 1.98. The van der Waals surface area contributed by atoms with Crippen molar-refractivity contribution in [3.8, 4) is 0 Å². The summed E-state index contributed by atoms with van der Waals surface area (Å²) in [5.74, 6) is 1.31. The second-order valence-corrected chi connectivity index (χ2v) is 13.9. The van der Waals surface area contributed by atoms with Gasteiger partial charge in [-0.2, -0.15) is 0 Å². The molecule has 3 N–H and O–H groups in total. The van der Waals surface area contributed by atoms with E-state index in [-0.39, 0.29) is 28.3 Å². The highest BCUT2D eigenvalue weighted by Gasteiger charge is 2.30. The number of likely N-dealkylation sites (N-methyl/N-ethyl adjacent to an activating group) is 1. The van der Waals surface area contributed by atoms with E-state index in [4.69, 9.17) is 0 Å². The van der Waals surface area contributed by atoms with Gasteiger partial charge in [0.25, 0.3) is 0 Å². The van der Waals surface area contributed by atoms with Crippen molar-refractivity contribution in [1.29, 1.82) is 0 Å². The Bertz CT molecular complexity index is 526. The maximum Gasteiger partial charge on any atom is 0.223 e. The van der Waals surface area contributed by atoms with Crippen LogP contribution in [0.15, 0.2) is 0 Å². The third kappa shape index (κ3) is 15.0. The second kappa shape index (κ2) is 12.0. The molecule has 0 saturated carbocycles. The molecule has 0 spiro atoms. The molecular formula is C27H57N3O. The Hall–Kier alpha value is -0.610. The van der Waals surface area contributed by atoms with Gasteiger partial charge in [-0.1, -0.05) is 55.4 Å². The van der Waals surface area contributed by atoms with E-state index in [1.165, 1.54) is 6.42 Å². The van der Waals surface area contributed by atoms with Crippen molar-refractivity contribution in [2.45, 2.75) is 120 Å². The highest BCUT2D eigenvalue weighted by atomic mass is 16.1. The van der Waals surface area contributed by atoms with Crippen molar-refractivity contribution >= 4 is 5.91 Å². The van der Waals surface area contributed by atoms with Crippen LogP contribution in [-0.4, -0.2) is 37.1 Å². The number of carbonyl (C=O) groups is 1. The zero-order valence-electron chi connectivity index (χ0n) is 23.4. The number of nitrogens with one attached hydrogen (secondary N) is 3. The van der Waals surface area contributed by atoms with Gasteiger partial charge in [-0.3, -0.25) is 4.79 Å². The molecule has 1 amide bonds. The normalized spacial score (nSPS) is 16.7. The molecule has 0 fully saturated rings. The van der Waals surface area contributed by atoms with Crippen LogP contribution in [0, 0.1) is 28.6 Å². The first-order valence-corrected chi connectivity index (χ1v) is 12.5. The summed E-state index contributed by atoms with van der Waals surface area (Å²) in [6.45, 7) is 28.5. The first-order valence-electron chi connectivity index (χ1n) is 12.5. The minimum atomic E-state index is -0.152. The van der Waals surface area contributed by atoms with Crippen LogP contribution >= 0.6 is 0 Å². The van der Waals surface area contributed by atoms with Crippen molar-refractivity contribution in [2.24, 2.45) is 28.6 Å². The summed E-state index contributed by atoms with van der Waals surface area (Å²) in [5.41, 5.74) is 0.439. The molecule has 0 aliphatic carbocycles. The van der Waals surface area contributed by atoms with Crippen LogP contribution in [0.5, 0.6) is 0 Å². The van der Waals surface area contributed by atoms with Gasteiger partial charge >= 0.3 is 0 Å². The topological polar surface area (TPSA) is 53.2 Å². The smallest absolute Gasteiger partial charge is 0.223 e. The Morgan fingerprint density at radius 2 is 1.26 bits per heavy atom. The Morgan fingerprint density at radius 1 is 0.742 bits per heavy atom. The molecule has 0 aromatic rings. The lowest BCUT2D eigenvalue weighted by Crippen LogP contribution is -2.56. The fourth-order valence-electron chi connectivity index (χ4n) is 4.44. The molecule has 3 unspecified atom stereocenters. The average Bonchev–Trinajstić information content (AvgIpc) is 2.55. The van der Waals surface area contributed by atoms with Crippen LogP contribution in [0.3, 0.4) is 0 Å². The summed E-state index contributed by atoms with van der Waals surface area (Å²) in [4.78, 5) is 13.3. The molecule has 186 valence electrons. The van der Waals surface area contributed by atoms with E-state index in [0.29, 0.717) is 23.8 Å². The third-order valence-electron chi connectivity index (χ3n) is 6.28. The van der Waals surface area contributed by atoms with Gasteiger partial charge in [0.2, 0.25) is 5.91 Å². The largest absolute Gasteiger partial charge is 0.354 e. The van der Waals surface area contributed by atoms with Gasteiger partial charge in [-0.15, -0.1) is 0 Å².